The zero-order valence-corrected chi connectivity index (χ0v) is 10.7. The molecule has 0 bridgehead atoms. The molecule has 1 fully saturated rings. The van der Waals surface area contributed by atoms with E-state index in [2.05, 4.69) is 15.5 Å². The predicted molar refractivity (Wildman–Crippen MR) is 69.3 cm³/mol. The number of rotatable bonds is 2. The van der Waals surface area contributed by atoms with Crippen LogP contribution in [0.25, 0.3) is 11.5 Å². The van der Waals surface area contributed by atoms with E-state index < -0.39 is 0 Å². The zero-order chi connectivity index (χ0) is 12.4. The summed E-state index contributed by atoms with van der Waals surface area (Å²) in [7, 11) is 0. The molecule has 1 aromatic heterocycles. The summed E-state index contributed by atoms with van der Waals surface area (Å²) in [4.78, 5) is 4.44. The van der Waals surface area contributed by atoms with Crippen molar-refractivity contribution in [2.75, 3.05) is 6.54 Å². The van der Waals surface area contributed by atoms with Gasteiger partial charge in [0.05, 0.1) is 16.6 Å². The van der Waals surface area contributed by atoms with Crippen molar-refractivity contribution in [1.29, 1.82) is 0 Å². The quantitative estimate of drug-likeness (QED) is 0.904. The van der Waals surface area contributed by atoms with Crippen LogP contribution in [0.5, 0.6) is 0 Å². The average molecular weight is 264 g/mol. The fourth-order valence-corrected chi connectivity index (χ4v) is 2.41. The van der Waals surface area contributed by atoms with E-state index in [1.807, 2.05) is 24.3 Å². The Morgan fingerprint density at radius 2 is 2.17 bits per heavy atom. The first-order valence-electron chi connectivity index (χ1n) is 6.16. The molecule has 1 saturated heterocycles. The van der Waals surface area contributed by atoms with E-state index in [0.717, 1.165) is 24.4 Å². The third-order valence-electron chi connectivity index (χ3n) is 3.17. The second-order valence-electron chi connectivity index (χ2n) is 4.44. The molecule has 5 heteroatoms. The van der Waals surface area contributed by atoms with Crippen LogP contribution in [-0.4, -0.2) is 16.7 Å². The number of hydrogen-bond donors (Lipinski definition) is 1. The van der Waals surface area contributed by atoms with Gasteiger partial charge in [-0.25, -0.2) is 0 Å². The van der Waals surface area contributed by atoms with Crippen molar-refractivity contribution < 1.29 is 4.52 Å². The molecular weight excluding hydrogens is 250 g/mol. The molecule has 4 nitrogen and oxygen atoms in total. The van der Waals surface area contributed by atoms with Crippen LogP contribution >= 0.6 is 11.6 Å². The number of piperidine rings is 1. The molecule has 1 N–H and O–H groups in total. The zero-order valence-electron chi connectivity index (χ0n) is 9.90. The number of hydrogen-bond acceptors (Lipinski definition) is 4. The monoisotopic (exact) mass is 263 g/mol. The van der Waals surface area contributed by atoms with Gasteiger partial charge in [0.25, 0.3) is 5.89 Å². The normalized spacial score (nSPS) is 19.9. The standard InChI is InChI=1S/C13H14ClN3O/c14-10-6-2-1-5-9(10)13-16-12(17-18-13)11-7-3-4-8-15-11/h1-2,5-6,11,15H,3-4,7-8H2. The van der Waals surface area contributed by atoms with Crippen molar-refractivity contribution >= 4 is 11.6 Å². The van der Waals surface area contributed by atoms with Crippen LogP contribution in [0.1, 0.15) is 31.1 Å². The van der Waals surface area contributed by atoms with Crippen LogP contribution < -0.4 is 5.32 Å². The smallest absolute Gasteiger partial charge is 0.259 e. The molecule has 0 amide bonds. The molecule has 94 valence electrons. The van der Waals surface area contributed by atoms with Gasteiger partial charge in [-0.05, 0) is 31.5 Å². The van der Waals surface area contributed by atoms with Crippen molar-refractivity contribution in [2.24, 2.45) is 0 Å². The largest absolute Gasteiger partial charge is 0.334 e. The van der Waals surface area contributed by atoms with Crippen molar-refractivity contribution in [1.82, 2.24) is 15.5 Å². The maximum Gasteiger partial charge on any atom is 0.259 e. The molecule has 2 heterocycles. The van der Waals surface area contributed by atoms with Gasteiger partial charge in [-0.2, -0.15) is 4.98 Å². The summed E-state index contributed by atoms with van der Waals surface area (Å²) in [6.45, 7) is 1.01. The molecule has 3 rings (SSSR count). The highest BCUT2D eigenvalue weighted by Crippen LogP contribution is 2.28. The van der Waals surface area contributed by atoms with Gasteiger partial charge in [-0.15, -0.1) is 0 Å². The summed E-state index contributed by atoms with van der Waals surface area (Å²) in [5.74, 6) is 1.22. The minimum absolute atomic E-state index is 0.207. The summed E-state index contributed by atoms with van der Waals surface area (Å²) >= 11 is 6.11. The number of benzene rings is 1. The summed E-state index contributed by atoms with van der Waals surface area (Å²) in [5.41, 5.74) is 0.786. The van der Waals surface area contributed by atoms with Crippen molar-refractivity contribution in [3.8, 4) is 11.5 Å². The average Bonchev–Trinajstić information content (AvgIpc) is 2.90. The van der Waals surface area contributed by atoms with Gasteiger partial charge in [0.1, 0.15) is 0 Å². The Bertz CT molecular complexity index is 535. The summed E-state index contributed by atoms with van der Waals surface area (Å²) in [6, 6.07) is 7.70. The molecule has 0 aliphatic carbocycles. The highest BCUT2D eigenvalue weighted by atomic mass is 35.5. The highest BCUT2D eigenvalue weighted by molar-refractivity contribution is 6.33. The molecular formula is C13H14ClN3O. The molecule has 18 heavy (non-hydrogen) atoms. The first-order valence-corrected chi connectivity index (χ1v) is 6.54. The molecule has 2 aromatic rings. The lowest BCUT2D eigenvalue weighted by Gasteiger charge is -2.19. The third kappa shape index (κ3) is 2.26. The van der Waals surface area contributed by atoms with Gasteiger partial charge in [-0.3, -0.25) is 0 Å². The Morgan fingerprint density at radius 1 is 1.28 bits per heavy atom. The lowest BCUT2D eigenvalue weighted by Crippen LogP contribution is -2.27. The lowest BCUT2D eigenvalue weighted by atomic mass is 10.0. The van der Waals surface area contributed by atoms with E-state index in [4.69, 9.17) is 16.1 Å². The van der Waals surface area contributed by atoms with Gasteiger partial charge in [0.2, 0.25) is 0 Å². The van der Waals surface area contributed by atoms with Gasteiger partial charge >= 0.3 is 0 Å². The number of halogens is 1. The highest BCUT2D eigenvalue weighted by Gasteiger charge is 2.21. The second-order valence-corrected chi connectivity index (χ2v) is 4.85. The Kier molecular flexibility index (Phi) is 3.30. The molecule has 0 radical (unpaired) electrons. The third-order valence-corrected chi connectivity index (χ3v) is 3.50. The maximum atomic E-state index is 6.11. The SMILES string of the molecule is Clc1ccccc1-c1nc(C2CCCCN2)no1. The van der Waals surface area contributed by atoms with Crippen LogP contribution in [0.3, 0.4) is 0 Å². The van der Waals surface area contributed by atoms with Crippen LogP contribution in [0.15, 0.2) is 28.8 Å². The van der Waals surface area contributed by atoms with E-state index >= 15 is 0 Å². The molecule has 0 saturated carbocycles. The lowest BCUT2D eigenvalue weighted by molar-refractivity contribution is 0.367. The minimum atomic E-state index is 0.207. The Hall–Kier alpha value is -1.39. The number of aromatic nitrogens is 2. The van der Waals surface area contributed by atoms with Crippen LogP contribution in [0, 0.1) is 0 Å². The van der Waals surface area contributed by atoms with E-state index in [9.17, 15) is 0 Å². The van der Waals surface area contributed by atoms with Gasteiger partial charge in [0, 0.05) is 0 Å². The van der Waals surface area contributed by atoms with Gasteiger partial charge < -0.3 is 9.84 Å². The van der Waals surface area contributed by atoms with E-state index in [1.165, 1.54) is 12.8 Å². The molecule has 1 unspecified atom stereocenters. The number of nitrogens with zero attached hydrogens (tertiary/aromatic N) is 2. The minimum Gasteiger partial charge on any atom is -0.334 e. The van der Waals surface area contributed by atoms with Gasteiger partial charge in [-0.1, -0.05) is 35.3 Å². The van der Waals surface area contributed by atoms with Crippen molar-refractivity contribution in [3.63, 3.8) is 0 Å². The summed E-state index contributed by atoms with van der Waals surface area (Å²) in [6.07, 6.45) is 3.47. The summed E-state index contributed by atoms with van der Waals surface area (Å²) in [5, 5.41) is 8.08. The fraction of sp³-hybridized carbons (Fsp3) is 0.385. The molecule has 1 aliphatic rings. The maximum absolute atomic E-state index is 6.11. The van der Waals surface area contributed by atoms with Crippen molar-refractivity contribution in [3.05, 3.63) is 35.1 Å². The summed E-state index contributed by atoms with van der Waals surface area (Å²) < 4.78 is 5.30. The van der Waals surface area contributed by atoms with Crippen LogP contribution in [-0.2, 0) is 0 Å². The topological polar surface area (TPSA) is 51.0 Å². The molecule has 1 aromatic carbocycles. The van der Waals surface area contributed by atoms with Crippen molar-refractivity contribution in [2.45, 2.75) is 25.3 Å². The Labute approximate surface area is 110 Å². The molecule has 1 aliphatic heterocycles. The fourth-order valence-electron chi connectivity index (χ4n) is 2.19. The Balaban J connectivity index is 1.87. The first-order chi connectivity index (χ1) is 8.84. The van der Waals surface area contributed by atoms with E-state index in [0.29, 0.717) is 10.9 Å². The Morgan fingerprint density at radius 3 is 2.94 bits per heavy atom. The molecule has 1 atom stereocenters. The number of nitrogens with one attached hydrogen (secondary N) is 1. The van der Waals surface area contributed by atoms with Crippen LogP contribution in [0.4, 0.5) is 0 Å². The van der Waals surface area contributed by atoms with E-state index in [-0.39, 0.29) is 6.04 Å². The van der Waals surface area contributed by atoms with Gasteiger partial charge in [0.15, 0.2) is 5.82 Å². The molecule has 0 spiro atoms. The predicted octanol–water partition coefficient (Wildman–Crippen LogP) is 3.20. The first kappa shape index (κ1) is 11.7. The second kappa shape index (κ2) is 5.08. The van der Waals surface area contributed by atoms with E-state index in [1.54, 1.807) is 0 Å². The van der Waals surface area contributed by atoms with Crippen LogP contribution in [0.2, 0.25) is 5.02 Å².